The molecule has 0 spiro atoms. The Kier molecular flexibility index (Phi) is 10.6. The Hall–Kier alpha value is -2.35. The first-order valence-corrected chi connectivity index (χ1v) is 12.0. The van der Waals surface area contributed by atoms with Gasteiger partial charge in [0.1, 0.15) is 5.82 Å². The lowest BCUT2D eigenvalue weighted by Gasteiger charge is -2.26. The zero-order valence-electron chi connectivity index (χ0n) is 20.0. The molecule has 0 radical (unpaired) electrons. The molecule has 0 saturated heterocycles. The molecule has 1 aliphatic carbocycles. The molecular weight excluding hydrogens is 384 g/mol. The van der Waals surface area contributed by atoms with E-state index in [1.54, 1.807) is 0 Å². The van der Waals surface area contributed by atoms with Gasteiger partial charge in [-0.2, -0.15) is 15.2 Å². The lowest BCUT2D eigenvalue weighted by molar-refractivity contribution is 0.211. The average Bonchev–Trinajstić information content (AvgIpc) is 2.76. The van der Waals surface area contributed by atoms with Gasteiger partial charge in [0, 0.05) is 24.7 Å². The van der Waals surface area contributed by atoms with Crippen molar-refractivity contribution in [1.29, 1.82) is 5.26 Å². The first kappa shape index (κ1) is 24.9. The van der Waals surface area contributed by atoms with Gasteiger partial charge in [0.05, 0.1) is 18.4 Å². The second-order valence-corrected chi connectivity index (χ2v) is 8.71. The first-order chi connectivity index (χ1) is 15.0. The van der Waals surface area contributed by atoms with Gasteiger partial charge < -0.3 is 9.64 Å². The summed E-state index contributed by atoms with van der Waals surface area (Å²) < 4.78 is 6.15. The number of nitrogens with zero attached hydrogens (tertiary/aromatic N) is 4. The van der Waals surface area contributed by atoms with E-state index >= 15 is 0 Å². The maximum Gasteiger partial charge on any atom is 0.318 e. The van der Waals surface area contributed by atoms with Crippen LogP contribution in [0.25, 0.3) is 0 Å². The topological polar surface area (TPSA) is 62.0 Å². The van der Waals surface area contributed by atoms with E-state index in [1.807, 2.05) is 0 Å². The van der Waals surface area contributed by atoms with Crippen LogP contribution < -0.4 is 9.64 Å². The molecule has 0 amide bonds. The SMILES string of the molecule is C=C1CCC[C@@H](COc2nc(CC)c(CCC)c(N(/C=C(\C)CCC#N)CCC)n2)C1. The summed E-state index contributed by atoms with van der Waals surface area (Å²) in [6, 6.07) is 2.74. The Morgan fingerprint density at radius 2 is 2.10 bits per heavy atom. The van der Waals surface area contributed by atoms with E-state index in [4.69, 9.17) is 20.0 Å². The largest absolute Gasteiger partial charge is 0.463 e. The molecule has 1 aliphatic rings. The van der Waals surface area contributed by atoms with Gasteiger partial charge in [-0.3, -0.25) is 0 Å². The molecule has 5 heteroatoms. The number of hydrogen-bond donors (Lipinski definition) is 0. The quantitative estimate of drug-likeness (QED) is 0.356. The van der Waals surface area contributed by atoms with Gasteiger partial charge in [-0.05, 0) is 64.2 Å². The third-order valence-corrected chi connectivity index (χ3v) is 5.80. The number of aromatic nitrogens is 2. The van der Waals surface area contributed by atoms with Crippen molar-refractivity contribution in [1.82, 2.24) is 9.97 Å². The Balaban J connectivity index is 2.35. The first-order valence-electron chi connectivity index (χ1n) is 12.0. The third-order valence-electron chi connectivity index (χ3n) is 5.80. The van der Waals surface area contributed by atoms with Crippen LogP contribution in [-0.2, 0) is 12.8 Å². The molecule has 1 aromatic rings. The number of allylic oxidation sites excluding steroid dienone is 2. The molecule has 0 unspecified atom stereocenters. The normalized spacial score (nSPS) is 16.8. The molecule has 1 saturated carbocycles. The number of hydrogen-bond acceptors (Lipinski definition) is 5. The Bertz CT molecular complexity index is 793. The molecule has 170 valence electrons. The van der Waals surface area contributed by atoms with E-state index in [1.165, 1.54) is 29.6 Å². The lowest BCUT2D eigenvalue weighted by Crippen LogP contribution is -2.23. The highest BCUT2D eigenvalue weighted by Gasteiger charge is 2.20. The molecule has 2 rings (SSSR count). The highest BCUT2D eigenvalue weighted by atomic mass is 16.5. The van der Waals surface area contributed by atoms with Gasteiger partial charge in [-0.1, -0.05) is 44.9 Å². The van der Waals surface area contributed by atoms with Crippen molar-refractivity contribution in [3.8, 4) is 12.1 Å². The summed E-state index contributed by atoms with van der Waals surface area (Å²) in [5, 5.41) is 8.94. The van der Waals surface area contributed by atoms with E-state index in [2.05, 4.69) is 51.4 Å². The molecule has 0 aliphatic heterocycles. The Morgan fingerprint density at radius 1 is 1.29 bits per heavy atom. The van der Waals surface area contributed by atoms with Gasteiger partial charge in [0.25, 0.3) is 0 Å². The average molecular weight is 425 g/mol. The summed E-state index contributed by atoms with van der Waals surface area (Å²) in [5.41, 5.74) is 4.83. The predicted octanol–water partition coefficient (Wildman–Crippen LogP) is 6.54. The second-order valence-electron chi connectivity index (χ2n) is 8.71. The molecule has 0 N–H and O–H groups in total. The van der Waals surface area contributed by atoms with Crippen molar-refractivity contribution in [3.63, 3.8) is 0 Å². The summed E-state index contributed by atoms with van der Waals surface area (Å²) in [7, 11) is 0. The van der Waals surface area contributed by atoms with E-state index in [0.29, 0.717) is 25.0 Å². The van der Waals surface area contributed by atoms with Crippen LogP contribution in [0, 0.1) is 17.2 Å². The number of anilines is 1. The molecule has 5 nitrogen and oxygen atoms in total. The van der Waals surface area contributed by atoms with Crippen LogP contribution in [0.15, 0.2) is 23.9 Å². The zero-order valence-corrected chi connectivity index (χ0v) is 20.0. The van der Waals surface area contributed by atoms with Crippen LogP contribution in [0.5, 0.6) is 6.01 Å². The molecule has 0 aromatic carbocycles. The minimum absolute atomic E-state index is 0.493. The standard InChI is InChI=1S/C26H40N4O/c1-6-11-23-24(8-3)28-26(31-19-22-14-9-12-20(4)17-22)29-25(23)30(16-7-2)18-21(5)13-10-15-27/h18,22H,4,6-14,16-17,19H2,1-3,5H3/b21-18+/t22-/m1/s1. The molecule has 1 fully saturated rings. The van der Waals surface area contributed by atoms with Crippen molar-refractivity contribution in [2.45, 2.75) is 91.9 Å². The van der Waals surface area contributed by atoms with E-state index < -0.39 is 0 Å². The van der Waals surface area contributed by atoms with E-state index in [0.717, 1.165) is 63.0 Å². The summed E-state index contributed by atoms with van der Waals surface area (Å²) >= 11 is 0. The fourth-order valence-electron chi connectivity index (χ4n) is 4.24. The van der Waals surface area contributed by atoms with Crippen molar-refractivity contribution in [2.24, 2.45) is 5.92 Å². The van der Waals surface area contributed by atoms with Gasteiger partial charge >= 0.3 is 6.01 Å². The van der Waals surface area contributed by atoms with Crippen molar-refractivity contribution >= 4 is 5.82 Å². The fourth-order valence-corrected chi connectivity index (χ4v) is 4.24. The van der Waals surface area contributed by atoms with Gasteiger partial charge in [0.2, 0.25) is 0 Å². The van der Waals surface area contributed by atoms with Crippen LogP contribution >= 0.6 is 0 Å². The van der Waals surface area contributed by atoms with E-state index in [9.17, 15) is 0 Å². The maximum absolute atomic E-state index is 8.94. The second kappa shape index (κ2) is 13.1. The monoisotopic (exact) mass is 424 g/mol. The molecule has 31 heavy (non-hydrogen) atoms. The van der Waals surface area contributed by atoms with Crippen LogP contribution in [0.4, 0.5) is 5.82 Å². The number of nitriles is 1. The summed E-state index contributed by atoms with van der Waals surface area (Å²) in [6.45, 7) is 14.3. The fraction of sp³-hybridized carbons (Fsp3) is 0.654. The van der Waals surface area contributed by atoms with Crippen LogP contribution in [-0.4, -0.2) is 23.1 Å². The Labute approximate surface area is 189 Å². The van der Waals surface area contributed by atoms with Crippen molar-refractivity contribution in [2.75, 3.05) is 18.1 Å². The number of ether oxygens (including phenoxy) is 1. The predicted molar refractivity (Wildman–Crippen MR) is 128 cm³/mol. The summed E-state index contributed by atoms with van der Waals surface area (Å²) in [5.74, 6) is 1.48. The summed E-state index contributed by atoms with van der Waals surface area (Å²) in [6.07, 6.45) is 11.9. The molecule has 1 aromatic heterocycles. The smallest absolute Gasteiger partial charge is 0.318 e. The number of rotatable bonds is 12. The molecule has 1 heterocycles. The molecule has 1 atom stereocenters. The van der Waals surface area contributed by atoms with Crippen LogP contribution in [0.3, 0.4) is 0 Å². The lowest BCUT2D eigenvalue weighted by atomic mass is 9.87. The van der Waals surface area contributed by atoms with Gasteiger partial charge in [-0.15, -0.1) is 0 Å². The van der Waals surface area contributed by atoms with Gasteiger partial charge in [-0.25, -0.2) is 0 Å². The molecule has 0 bridgehead atoms. The molecular formula is C26H40N4O. The number of aryl methyl sites for hydroxylation is 1. The van der Waals surface area contributed by atoms with Crippen LogP contribution in [0.1, 0.15) is 90.3 Å². The minimum Gasteiger partial charge on any atom is -0.463 e. The highest BCUT2D eigenvalue weighted by Crippen LogP contribution is 2.30. The Morgan fingerprint density at radius 3 is 2.74 bits per heavy atom. The third kappa shape index (κ3) is 7.69. The zero-order chi connectivity index (χ0) is 22.6. The van der Waals surface area contributed by atoms with Crippen molar-refractivity contribution in [3.05, 3.63) is 35.2 Å². The van der Waals surface area contributed by atoms with Crippen LogP contribution in [0.2, 0.25) is 0 Å². The minimum atomic E-state index is 0.493. The summed E-state index contributed by atoms with van der Waals surface area (Å²) in [4.78, 5) is 12.0. The highest BCUT2D eigenvalue weighted by molar-refractivity contribution is 5.53. The van der Waals surface area contributed by atoms with E-state index in [-0.39, 0.29) is 0 Å². The maximum atomic E-state index is 8.94. The van der Waals surface area contributed by atoms with Gasteiger partial charge in [0.15, 0.2) is 0 Å². The van der Waals surface area contributed by atoms with Crippen molar-refractivity contribution < 1.29 is 4.74 Å².